The molecule has 0 bridgehead atoms. The second kappa shape index (κ2) is 15.8. The summed E-state index contributed by atoms with van der Waals surface area (Å²) in [4.78, 5) is 23.3. The monoisotopic (exact) mass is 494 g/mol. The van der Waals surface area contributed by atoms with Crippen LogP contribution in [0.3, 0.4) is 0 Å². The van der Waals surface area contributed by atoms with Crippen molar-refractivity contribution in [1.82, 2.24) is 10.6 Å². The molecule has 0 saturated heterocycles. The first-order valence-electron chi connectivity index (χ1n) is 12.6. The standard InChI is InChI=1S/C27H46N2O6/c1-19(8-15-24(17-23(31)18-30)35-27(3,4)5)7-10-21-11-13-22(14-12-21)29-25(32)16-9-20(2)34-26(33)28-6/h7-9,15-16,20-24,30-31H,10-14,17-18H2,1-6H3,(H,28,33)(H,29,32). The molecule has 1 saturated carbocycles. The number of amides is 2. The first-order valence-corrected chi connectivity index (χ1v) is 12.6. The molecular weight excluding hydrogens is 448 g/mol. The number of aliphatic hydroxyl groups is 2. The Labute approximate surface area is 210 Å². The number of aliphatic hydroxyl groups excluding tert-OH is 2. The number of carbonyl (C=O) groups is 2. The summed E-state index contributed by atoms with van der Waals surface area (Å²) in [6, 6.07) is 0.164. The smallest absolute Gasteiger partial charge is 0.407 e. The van der Waals surface area contributed by atoms with Crippen molar-refractivity contribution in [1.29, 1.82) is 0 Å². The molecular formula is C27H46N2O6. The van der Waals surface area contributed by atoms with Crippen LogP contribution in [0.15, 0.2) is 36.0 Å². The van der Waals surface area contributed by atoms with Gasteiger partial charge in [-0.15, -0.1) is 0 Å². The molecule has 1 aliphatic rings. The van der Waals surface area contributed by atoms with Crippen LogP contribution in [0.1, 0.15) is 73.1 Å². The molecule has 1 rings (SSSR count). The molecule has 0 heterocycles. The minimum atomic E-state index is -0.804. The third-order valence-corrected chi connectivity index (χ3v) is 5.78. The van der Waals surface area contributed by atoms with Gasteiger partial charge < -0.3 is 30.3 Å². The van der Waals surface area contributed by atoms with Crippen LogP contribution in [0.2, 0.25) is 0 Å². The number of nitrogens with one attached hydrogen (secondary N) is 2. The number of alkyl carbamates (subject to hydrolysis) is 1. The van der Waals surface area contributed by atoms with E-state index in [2.05, 4.69) is 23.6 Å². The molecule has 0 radical (unpaired) electrons. The van der Waals surface area contributed by atoms with Crippen molar-refractivity contribution in [2.24, 2.45) is 5.92 Å². The van der Waals surface area contributed by atoms with E-state index in [-0.39, 0.29) is 30.3 Å². The van der Waals surface area contributed by atoms with E-state index in [0.29, 0.717) is 12.3 Å². The van der Waals surface area contributed by atoms with Crippen molar-refractivity contribution in [3.63, 3.8) is 0 Å². The van der Waals surface area contributed by atoms with Gasteiger partial charge in [0.2, 0.25) is 5.91 Å². The van der Waals surface area contributed by atoms with E-state index in [9.17, 15) is 14.7 Å². The predicted octanol–water partition coefficient (Wildman–Crippen LogP) is 3.78. The molecule has 0 aromatic rings. The molecule has 0 aromatic heterocycles. The number of hydrogen-bond acceptors (Lipinski definition) is 6. The van der Waals surface area contributed by atoms with Crippen molar-refractivity contribution in [2.75, 3.05) is 13.7 Å². The summed E-state index contributed by atoms with van der Waals surface area (Å²) < 4.78 is 11.0. The fourth-order valence-corrected chi connectivity index (χ4v) is 3.92. The van der Waals surface area contributed by atoms with Crippen molar-refractivity contribution >= 4 is 12.0 Å². The topological polar surface area (TPSA) is 117 Å². The zero-order chi connectivity index (χ0) is 26.4. The highest BCUT2D eigenvalue weighted by molar-refractivity contribution is 5.87. The Hall–Kier alpha value is -2.16. The molecule has 1 fully saturated rings. The Balaban J connectivity index is 2.45. The fourth-order valence-electron chi connectivity index (χ4n) is 3.92. The summed E-state index contributed by atoms with van der Waals surface area (Å²) in [5.41, 5.74) is 0.795. The van der Waals surface area contributed by atoms with Crippen molar-refractivity contribution < 1.29 is 29.3 Å². The number of carbonyl (C=O) groups excluding carboxylic acids is 2. The van der Waals surface area contributed by atoms with Gasteiger partial charge in [0.15, 0.2) is 0 Å². The molecule has 0 aromatic carbocycles. The summed E-state index contributed by atoms with van der Waals surface area (Å²) in [5.74, 6) is 0.417. The van der Waals surface area contributed by atoms with Gasteiger partial charge in [0, 0.05) is 25.6 Å². The first-order chi connectivity index (χ1) is 16.4. The predicted molar refractivity (Wildman–Crippen MR) is 138 cm³/mol. The second-order valence-corrected chi connectivity index (χ2v) is 10.3. The Bertz CT molecular complexity index is 732. The van der Waals surface area contributed by atoms with Crippen LogP contribution in [0.5, 0.6) is 0 Å². The SMILES string of the molecule is CNC(=O)OC(C)C=CC(=O)NC1CCC(CC=C(C)C=CC(CC(O)CO)OC(C)(C)C)CC1. The maximum absolute atomic E-state index is 12.2. The van der Waals surface area contributed by atoms with E-state index in [1.807, 2.05) is 32.9 Å². The first kappa shape index (κ1) is 30.9. The highest BCUT2D eigenvalue weighted by Gasteiger charge is 2.22. The van der Waals surface area contributed by atoms with Crippen LogP contribution in [-0.2, 0) is 14.3 Å². The number of allylic oxidation sites excluding steroid dienone is 3. The molecule has 3 unspecified atom stereocenters. The van der Waals surface area contributed by atoms with Crippen molar-refractivity contribution in [3.05, 3.63) is 36.0 Å². The summed E-state index contributed by atoms with van der Waals surface area (Å²) in [6.07, 6.45) is 12.4. The van der Waals surface area contributed by atoms with E-state index in [4.69, 9.17) is 14.6 Å². The summed E-state index contributed by atoms with van der Waals surface area (Å²) in [7, 11) is 1.49. The van der Waals surface area contributed by atoms with Crippen LogP contribution in [0.4, 0.5) is 4.79 Å². The molecule has 4 N–H and O–H groups in total. The van der Waals surface area contributed by atoms with Crippen LogP contribution in [0.25, 0.3) is 0 Å². The van der Waals surface area contributed by atoms with Crippen LogP contribution in [0, 0.1) is 5.92 Å². The lowest BCUT2D eigenvalue weighted by atomic mass is 9.83. The molecule has 200 valence electrons. The van der Waals surface area contributed by atoms with Crippen LogP contribution < -0.4 is 10.6 Å². The highest BCUT2D eigenvalue weighted by atomic mass is 16.6. The fraction of sp³-hybridized carbons (Fsp3) is 0.704. The largest absolute Gasteiger partial charge is 0.442 e. The second-order valence-electron chi connectivity index (χ2n) is 10.3. The summed E-state index contributed by atoms with van der Waals surface area (Å²) in [5, 5.41) is 24.4. The quantitative estimate of drug-likeness (QED) is 0.242. The molecule has 2 amide bonds. The van der Waals surface area contributed by atoms with E-state index in [0.717, 1.165) is 37.7 Å². The minimum absolute atomic E-state index is 0.164. The van der Waals surface area contributed by atoms with Crippen molar-refractivity contribution in [2.45, 2.75) is 103 Å². The molecule has 8 heteroatoms. The Morgan fingerprint density at radius 1 is 1.11 bits per heavy atom. The van der Waals surface area contributed by atoms with E-state index >= 15 is 0 Å². The maximum Gasteiger partial charge on any atom is 0.407 e. The lowest BCUT2D eigenvalue weighted by Crippen LogP contribution is -2.36. The van der Waals surface area contributed by atoms with Gasteiger partial charge in [-0.25, -0.2) is 4.79 Å². The van der Waals surface area contributed by atoms with Gasteiger partial charge in [-0.2, -0.15) is 0 Å². The molecule has 0 spiro atoms. The van der Waals surface area contributed by atoms with Crippen molar-refractivity contribution in [3.8, 4) is 0 Å². The van der Waals surface area contributed by atoms with Crippen LogP contribution >= 0.6 is 0 Å². The number of ether oxygens (including phenoxy) is 2. The third kappa shape index (κ3) is 14.8. The van der Waals surface area contributed by atoms with Gasteiger partial charge in [0.25, 0.3) is 0 Å². The molecule has 1 aliphatic carbocycles. The van der Waals surface area contributed by atoms with Crippen LogP contribution in [-0.4, -0.2) is 65.8 Å². The van der Waals surface area contributed by atoms with E-state index in [1.165, 1.54) is 13.1 Å². The molecule has 8 nitrogen and oxygen atoms in total. The van der Waals surface area contributed by atoms with Gasteiger partial charge in [-0.1, -0.05) is 23.8 Å². The van der Waals surface area contributed by atoms with Gasteiger partial charge >= 0.3 is 6.09 Å². The summed E-state index contributed by atoms with van der Waals surface area (Å²) >= 11 is 0. The number of hydrogen-bond donors (Lipinski definition) is 4. The Kier molecular flexibility index (Phi) is 13.9. The molecule has 0 aliphatic heterocycles. The maximum atomic E-state index is 12.2. The third-order valence-electron chi connectivity index (χ3n) is 5.78. The van der Waals surface area contributed by atoms with E-state index in [1.54, 1.807) is 13.0 Å². The Morgan fingerprint density at radius 3 is 2.34 bits per heavy atom. The molecule has 35 heavy (non-hydrogen) atoms. The highest BCUT2D eigenvalue weighted by Crippen LogP contribution is 2.28. The lowest BCUT2D eigenvalue weighted by molar-refractivity contribution is -0.117. The Morgan fingerprint density at radius 2 is 1.77 bits per heavy atom. The average Bonchev–Trinajstić information content (AvgIpc) is 2.79. The number of rotatable bonds is 12. The summed E-state index contributed by atoms with van der Waals surface area (Å²) in [6.45, 7) is 9.39. The molecule has 3 atom stereocenters. The van der Waals surface area contributed by atoms with Gasteiger partial charge in [-0.3, -0.25) is 4.79 Å². The minimum Gasteiger partial charge on any atom is -0.442 e. The lowest BCUT2D eigenvalue weighted by Gasteiger charge is -2.28. The normalized spacial score (nSPS) is 22.1. The van der Waals surface area contributed by atoms with Gasteiger partial charge in [0.1, 0.15) is 6.10 Å². The zero-order valence-electron chi connectivity index (χ0n) is 22.3. The zero-order valence-corrected chi connectivity index (χ0v) is 22.3. The van der Waals surface area contributed by atoms with Gasteiger partial charge in [0.05, 0.1) is 24.4 Å². The van der Waals surface area contributed by atoms with Gasteiger partial charge in [-0.05, 0) is 78.7 Å². The average molecular weight is 495 g/mol. The van der Waals surface area contributed by atoms with E-state index < -0.39 is 18.3 Å².